The maximum absolute atomic E-state index is 13.2. The number of benzene rings is 2. The highest BCUT2D eigenvalue weighted by molar-refractivity contribution is 7.90. The molecule has 4 aromatic rings. The molecular weight excluding hydrogens is 546 g/mol. The first-order chi connectivity index (χ1) is 18.1. The molecule has 0 spiro atoms. The predicted octanol–water partition coefficient (Wildman–Crippen LogP) is 5.88. The third kappa shape index (κ3) is 6.09. The Morgan fingerprint density at radius 3 is 2.50 bits per heavy atom. The van der Waals surface area contributed by atoms with Gasteiger partial charge in [-0.25, -0.2) is 23.2 Å². The smallest absolute Gasteiger partial charge is 0.341 e. The Hall–Kier alpha value is -3.60. The molecule has 0 unspecified atom stereocenters. The maximum Gasteiger partial charge on any atom is 0.341 e. The van der Waals surface area contributed by atoms with E-state index in [9.17, 15) is 18.0 Å². The average molecular weight is 570 g/mol. The summed E-state index contributed by atoms with van der Waals surface area (Å²) in [7, 11) is -3.97. The van der Waals surface area contributed by atoms with Gasteiger partial charge in [0.15, 0.2) is 5.69 Å². The molecule has 0 radical (unpaired) electrons. The van der Waals surface area contributed by atoms with Crippen molar-refractivity contribution < 1.29 is 22.7 Å². The van der Waals surface area contributed by atoms with E-state index in [0.29, 0.717) is 11.1 Å². The lowest BCUT2D eigenvalue weighted by molar-refractivity contribution is 0.0529. The van der Waals surface area contributed by atoms with E-state index in [2.05, 4.69) is 15.3 Å². The van der Waals surface area contributed by atoms with Crippen molar-refractivity contribution in [3.05, 3.63) is 93.1 Å². The van der Waals surface area contributed by atoms with E-state index in [-0.39, 0.29) is 33.6 Å². The molecule has 0 atom stereocenters. The number of halogens is 1. The fraction of sp³-hybridized carbons (Fsp3) is 0.185. The molecule has 1 amide bonds. The number of esters is 1. The van der Waals surface area contributed by atoms with Gasteiger partial charge >= 0.3 is 5.97 Å². The minimum absolute atomic E-state index is 0.134. The Balaban J connectivity index is 1.66. The average Bonchev–Trinajstić information content (AvgIpc) is 3.28. The second-order valence-corrected chi connectivity index (χ2v) is 11.7. The van der Waals surface area contributed by atoms with E-state index in [1.165, 1.54) is 0 Å². The van der Waals surface area contributed by atoms with Gasteiger partial charge in [0, 0.05) is 10.9 Å². The summed E-state index contributed by atoms with van der Waals surface area (Å²) in [6.45, 7) is 5.65. The summed E-state index contributed by atoms with van der Waals surface area (Å²) < 4.78 is 31.2. The van der Waals surface area contributed by atoms with Gasteiger partial charge in [-0.3, -0.25) is 4.79 Å². The molecule has 0 saturated carbocycles. The summed E-state index contributed by atoms with van der Waals surface area (Å²) in [4.78, 5) is 33.9. The van der Waals surface area contributed by atoms with Crippen LogP contribution >= 0.6 is 22.9 Å². The molecule has 4 rings (SSSR count). The first kappa shape index (κ1) is 27.4. The summed E-state index contributed by atoms with van der Waals surface area (Å²) in [5, 5.41) is 3.96. The highest BCUT2D eigenvalue weighted by Gasteiger charge is 2.26. The Labute approximate surface area is 229 Å². The zero-order valence-electron chi connectivity index (χ0n) is 20.8. The third-order valence-corrected chi connectivity index (χ3v) is 8.15. The van der Waals surface area contributed by atoms with Crippen molar-refractivity contribution in [3.8, 4) is 11.1 Å². The van der Waals surface area contributed by atoms with Crippen LogP contribution in [0.5, 0.6) is 0 Å². The lowest BCUT2D eigenvalue weighted by atomic mass is 10.0. The zero-order chi connectivity index (χ0) is 27.4. The number of carbonyl (C=O) groups excluding carboxylic acids is 2. The monoisotopic (exact) mass is 569 g/mol. The summed E-state index contributed by atoms with van der Waals surface area (Å²) in [5.41, 5.74) is 3.76. The number of thiophene rings is 1. The molecule has 2 heterocycles. The Morgan fingerprint density at radius 2 is 1.82 bits per heavy atom. The van der Waals surface area contributed by atoms with E-state index in [0.717, 1.165) is 34.2 Å². The van der Waals surface area contributed by atoms with Crippen LogP contribution in [-0.4, -0.2) is 36.9 Å². The molecule has 8 nitrogen and oxygen atoms in total. The van der Waals surface area contributed by atoms with Crippen LogP contribution in [0.2, 0.25) is 5.02 Å². The number of hydrogen-bond donors (Lipinski definition) is 1. The quantitative estimate of drug-likeness (QED) is 0.208. The number of hydrogen-bond acceptors (Lipinski definition) is 8. The molecule has 0 aliphatic carbocycles. The van der Waals surface area contributed by atoms with Crippen molar-refractivity contribution in [1.29, 1.82) is 0 Å². The Bertz CT molecular complexity index is 1620. The van der Waals surface area contributed by atoms with Crippen molar-refractivity contribution in [2.45, 2.75) is 31.7 Å². The lowest BCUT2D eigenvalue weighted by Crippen LogP contribution is -2.19. The molecule has 196 valence electrons. The number of amides is 1. The van der Waals surface area contributed by atoms with Crippen LogP contribution in [0.15, 0.2) is 65.3 Å². The minimum Gasteiger partial charge on any atom is -0.462 e. The van der Waals surface area contributed by atoms with E-state index in [1.807, 2.05) is 44.2 Å². The third-order valence-electron chi connectivity index (χ3n) is 5.51. The summed E-state index contributed by atoms with van der Waals surface area (Å²) in [6.07, 6.45) is 1.07. The van der Waals surface area contributed by atoms with Crippen LogP contribution in [0.3, 0.4) is 0 Å². The van der Waals surface area contributed by atoms with Crippen LogP contribution in [0.25, 0.3) is 11.1 Å². The summed E-state index contributed by atoms with van der Waals surface area (Å²) >= 11 is 7.32. The Kier molecular flexibility index (Phi) is 8.25. The predicted molar refractivity (Wildman–Crippen MR) is 148 cm³/mol. The van der Waals surface area contributed by atoms with Gasteiger partial charge in [-0.1, -0.05) is 71.3 Å². The van der Waals surface area contributed by atoms with Crippen molar-refractivity contribution in [2.24, 2.45) is 0 Å². The van der Waals surface area contributed by atoms with Gasteiger partial charge in [0.05, 0.1) is 23.6 Å². The lowest BCUT2D eigenvalue weighted by Gasteiger charge is -2.10. The molecule has 0 bridgehead atoms. The Morgan fingerprint density at radius 1 is 1.08 bits per heavy atom. The first-order valence-corrected chi connectivity index (χ1v) is 14.5. The molecule has 0 aliphatic rings. The molecule has 0 fully saturated rings. The van der Waals surface area contributed by atoms with Crippen molar-refractivity contribution in [2.75, 3.05) is 11.9 Å². The van der Waals surface area contributed by atoms with Crippen LogP contribution in [-0.2, 0) is 20.3 Å². The number of ether oxygens (including phenoxy) is 1. The number of aryl methyl sites for hydroxylation is 2. The number of sulfone groups is 1. The van der Waals surface area contributed by atoms with Gasteiger partial charge in [-0.15, -0.1) is 11.3 Å². The summed E-state index contributed by atoms with van der Waals surface area (Å²) in [5.74, 6) is -1.73. The van der Waals surface area contributed by atoms with E-state index in [4.69, 9.17) is 16.3 Å². The van der Waals surface area contributed by atoms with Crippen LogP contribution in [0, 0.1) is 13.8 Å². The number of nitrogens with one attached hydrogen (secondary N) is 1. The van der Waals surface area contributed by atoms with Crippen molar-refractivity contribution in [1.82, 2.24) is 9.97 Å². The van der Waals surface area contributed by atoms with Crippen molar-refractivity contribution >= 4 is 49.7 Å². The van der Waals surface area contributed by atoms with Crippen LogP contribution < -0.4 is 5.32 Å². The van der Waals surface area contributed by atoms with Gasteiger partial charge < -0.3 is 10.1 Å². The number of aromatic nitrogens is 2. The number of rotatable bonds is 8. The SMILES string of the molecule is CCOC(=O)c1c(-c2ccc(C)cc2)csc1NC(=O)c1nc(S(=O)(=O)Cc2cccc(C)c2)ncc1Cl. The van der Waals surface area contributed by atoms with Crippen molar-refractivity contribution in [3.63, 3.8) is 0 Å². The normalized spacial score (nSPS) is 11.3. The summed E-state index contributed by atoms with van der Waals surface area (Å²) in [6, 6.07) is 14.6. The zero-order valence-corrected chi connectivity index (χ0v) is 23.2. The minimum atomic E-state index is -3.97. The van der Waals surface area contributed by atoms with E-state index in [1.54, 1.807) is 30.5 Å². The fourth-order valence-corrected chi connectivity index (χ4v) is 6.03. The number of carbonyl (C=O) groups is 2. The fourth-order valence-electron chi connectivity index (χ4n) is 3.71. The second-order valence-electron chi connectivity index (χ2n) is 8.49. The molecule has 0 saturated heterocycles. The molecule has 11 heteroatoms. The molecule has 38 heavy (non-hydrogen) atoms. The van der Waals surface area contributed by atoms with Gasteiger partial charge in [-0.05, 0) is 31.9 Å². The topological polar surface area (TPSA) is 115 Å². The molecular formula is C27H24ClN3O5S2. The maximum atomic E-state index is 13.2. The molecule has 0 aliphatic heterocycles. The molecule has 2 aromatic carbocycles. The van der Waals surface area contributed by atoms with Gasteiger partial charge in [0.25, 0.3) is 5.91 Å². The second kappa shape index (κ2) is 11.4. The highest BCUT2D eigenvalue weighted by atomic mass is 35.5. The largest absolute Gasteiger partial charge is 0.462 e. The van der Waals surface area contributed by atoms with E-state index >= 15 is 0 Å². The van der Waals surface area contributed by atoms with Gasteiger partial charge in [-0.2, -0.15) is 0 Å². The number of nitrogens with zero attached hydrogens (tertiary/aromatic N) is 2. The van der Waals surface area contributed by atoms with Crippen LogP contribution in [0.4, 0.5) is 5.00 Å². The highest BCUT2D eigenvalue weighted by Crippen LogP contribution is 2.37. The van der Waals surface area contributed by atoms with E-state index < -0.39 is 26.9 Å². The van der Waals surface area contributed by atoms with Gasteiger partial charge in [0.2, 0.25) is 15.0 Å². The van der Waals surface area contributed by atoms with Crippen LogP contribution in [0.1, 0.15) is 44.5 Å². The van der Waals surface area contributed by atoms with Gasteiger partial charge in [0.1, 0.15) is 10.6 Å². The standard InChI is InChI=1S/C27H24ClN3O5S2/c1-4-36-26(33)22-20(19-10-8-16(2)9-11-19)14-37-25(22)31-24(32)23-21(28)13-29-27(30-23)38(34,35)15-18-7-5-6-17(3)12-18/h5-14H,4,15H2,1-3H3,(H,31,32). The molecule has 2 aromatic heterocycles. The first-order valence-electron chi connectivity index (χ1n) is 11.6. The number of anilines is 1. The molecule has 1 N–H and O–H groups in total.